The predicted octanol–water partition coefficient (Wildman–Crippen LogP) is 0.916. The number of rotatable bonds is 3. The summed E-state index contributed by atoms with van der Waals surface area (Å²) in [5.41, 5.74) is 1.21. The molecule has 1 fully saturated rings. The van der Waals surface area contributed by atoms with Crippen LogP contribution in [0.15, 0.2) is 18.5 Å². The standard InChI is InChI=1S/C13H20BNO3/c1-12(2)13(3,4)18-14(17-12)11-9-15-7-5-10(11)6-8-16/h5,7,9,16H,6,8H2,1-4H3. The highest BCUT2D eigenvalue weighted by Gasteiger charge is 2.52. The molecule has 0 bridgehead atoms. The average molecular weight is 249 g/mol. The molecule has 5 heteroatoms. The van der Waals surface area contributed by atoms with E-state index in [2.05, 4.69) is 4.98 Å². The number of hydrogen-bond acceptors (Lipinski definition) is 4. The lowest BCUT2D eigenvalue weighted by molar-refractivity contribution is 0.00578. The van der Waals surface area contributed by atoms with E-state index in [1.54, 1.807) is 12.4 Å². The maximum absolute atomic E-state index is 9.09. The third-order valence-corrected chi connectivity index (χ3v) is 3.83. The molecule has 1 saturated heterocycles. The van der Waals surface area contributed by atoms with Crippen molar-refractivity contribution in [2.24, 2.45) is 0 Å². The number of nitrogens with zero attached hydrogens (tertiary/aromatic N) is 1. The van der Waals surface area contributed by atoms with Crippen LogP contribution in [-0.4, -0.2) is 35.0 Å². The number of aliphatic hydroxyl groups is 1. The average Bonchev–Trinajstić information content (AvgIpc) is 2.49. The summed E-state index contributed by atoms with van der Waals surface area (Å²) in [6.07, 6.45) is 4.06. The van der Waals surface area contributed by atoms with Gasteiger partial charge in [0.15, 0.2) is 0 Å². The number of aromatic nitrogens is 1. The molecule has 1 aromatic rings. The van der Waals surface area contributed by atoms with E-state index in [9.17, 15) is 0 Å². The lowest BCUT2D eigenvalue weighted by atomic mass is 9.76. The van der Waals surface area contributed by atoms with Crippen molar-refractivity contribution in [1.82, 2.24) is 4.98 Å². The molecule has 4 nitrogen and oxygen atoms in total. The Bertz CT molecular complexity index is 418. The summed E-state index contributed by atoms with van der Waals surface area (Å²) in [7, 11) is -0.412. The first kappa shape index (κ1) is 13.5. The van der Waals surface area contributed by atoms with Gasteiger partial charge in [-0.05, 0) is 45.7 Å². The summed E-state index contributed by atoms with van der Waals surface area (Å²) in [4.78, 5) is 4.13. The van der Waals surface area contributed by atoms with Gasteiger partial charge in [-0.2, -0.15) is 0 Å². The number of pyridine rings is 1. The van der Waals surface area contributed by atoms with Gasteiger partial charge in [-0.25, -0.2) is 0 Å². The maximum atomic E-state index is 9.09. The summed E-state index contributed by atoms with van der Waals surface area (Å²) in [5.74, 6) is 0. The number of aliphatic hydroxyl groups excluding tert-OH is 1. The van der Waals surface area contributed by atoms with Crippen LogP contribution in [0.3, 0.4) is 0 Å². The van der Waals surface area contributed by atoms with Crippen LogP contribution in [0.2, 0.25) is 0 Å². The minimum Gasteiger partial charge on any atom is -0.399 e. The molecule has 0 unspecified atom stereocenters. The van der Waals surface area contributed by atoms with Gasteiger partial charge in [0.25, 0.3) is 0 Å². The highest BCUT2D eigenvalue weighted by Crippen LogP contribution is 2.36. The summed E-state index contributed by atoms with van der Waals surface area (Å²) in [5, 5.41) is 9.09. The van der Waals surface area contributed by atoms with Crippen molar-refractivity contribution in [3.05, 3.63) is 24.0 Å². The largest absolute Gasteiger partial charge is 0.496 e. The molecule has 1 aliphatic rings. The van der Waals surface area contributed by atoms with Crippen molar-refractivity contribution in [2.75, 3.05) is 6.61 Å². The van der Waals surface area contributed by atoms with E-state index in [1.807, 2.05) is 33.8 Å². The Morgan fingerprint density at radius 3 is 2.39 bits per heavy atom. The molecule has 18 heavy (non-hydrogen) atoms. The topological polar surface area (TPSA) is 51.6 Å². The van der Waals surface area contributed by atoms with Gasteiger partial charge in [0, 0.05) is 24.5 Å². The smallest absolute Gasteiger partial charge is 0.399 e. The summed E-state index contributed by atoms with van der Waals surface area (Å²) in [6.45, 7) is 8.20. The molecule has 0 aromatic carbocycles. The van der Waals surface area contributed by atoms with E-state index in [-0.39, 0.29) is 17.8 Å². The first-order chi connectivity index (χ1) is 8.37. The molecule has 0 amide bonds. The van der Waals surface area contributed by atoms with Crippen LogP contribution in [0.25, 0.3) is 0 Å². The quantitative estimate of drug-likeness (QED) is 0.809. The Morgan fingerprint density at radius 1 is 1.22 bits per heavy atom. The van der Waals surface area contributed by atoms with E-state index < -0.39 is 7.12 Å². The predicted molar refractivity (Wildman–Crippen MR) is 70.7 cm³/mol. The van der Waals surface area contributed by atoms with Crippen LogP contribution in [0.5, 0.6) is 0 Å². The zero-order valence-electron chi connectivity index (χ0n) is 11.4. The zero-order valence-corrected chi connectivity index (χ0v) is 11.4. The fourth-order valence-electron chi connectivity index (χ4n) is 1.97. The molecular formula is C13H20BNO3. The third kappa shape index (κ3) is 2.30. The van der Waals surface area contributed by atoms with E-state index in [4.69, 9.17) is 14.4 Å². The highest BCUT2D eigenvalue weighted by atomic mass is 16.7. The second-order valence-electron chi connectivity index (χ2n) is 5.64. The van der Waals surface area contributed by atoms with Gasteiger partial charge in [-0.1, -0.05) is 0 Å². The van der Waals surface area contributed by atoms with Crippen LogP contribution in [0.4, 0.5) is 0 Å². The van der Waals surface area contributed by atoms with Gasteiger partial charge in [-0.15, -0.1) is 0 Å². The van der Waals surface area contributed by atoms with E-state index in [0.717, 1.165) is 11.0 Å². The minimum atomic E-state index is -0.412. The van der Waals surface area contributed by atoms with E-state index >= 15 is 0 Å². The summed E-state index contributed by atoms with van der Waals surface area (Å²) in [6, 6.07) is 1.90. The van der Waals surface area contributed by atoms with Gasteiger partial charge in [0.2, 0.25) is 0 Å². The molecule has 1 aromatic heterocycles. The molecule has 1 N–H and O–H groups in total. The molecule has 0 radical (unpaired) electrons. The van der Waals surface area contributed by atoms with Crippen LogP contribution in [0, 0.1) is 0 Å². The lowest BCUT2D eigenvalue weighted by Gasteiger charge is -2.32. The summed E-state index contributed by atoms with van der Waals surface area (Å²) >= 11 is 0. The van der Waals surface area contributed by atoms with Crippen LogP contribution >= 0.6 is 0 Å². The number of hydrogen-bond donors (Lipinski definition) is 1. The molecule has 0 saturated carbocycles. The SMILES string of the molecule is CC1(C)OB(c2cnccc2CCO)OC1(C)C. The Balaban J connectivity index is 2.29. The zero-order chi connectivity index (χ0) is 13.4. The molecule has 2 rings (SSSR count). The maximum Gasteiger partial charge on any atom is 0.496 e. The fraction of sp³-hybridized carbons (Fsp3) is 0.615. The van der Waals surface area contributed by atoms with Gasteiger partial charge >= 0.3 is 7.12 Å². The highest BCUT2D eigenvalue weighted by molar-refractivity contribution is 6.62. The van der Waals surface area contributed by atoms with Crippen molar-refractivity contribution in [1.29, 1.82) is 0 Å². The van der Waals surface area contributed by atoms with Crippen molar-refractivity contribution >= 4 is 12.6 Å². The van der Waals surface area contributed by atoms with Gasteiger partial charge in [0.05, 0.1) is 11.2 Å². The Hall–Kier alpha value is -0.905. The fourth-order valence-corrected chi connectivity index (χ4v) is 1.97. The van der Waals surface area contributed by atoms with Crippen LogP contribution < -0.4 is 5.46 Å². The lowest BCUT2D eigenvalue weighted by Crippen LogP contribution is -2.41. The molecule has 0 atom stereocenters. The normalized spacial score (nSPS) is 21.3. The first-order valence-corrected chi connectivity index (χ1v) is 6.27. The van der Waals surface area contributed by atoms with Crippen molar-refractivity contribution in [3.8, 4) is 0 Å². The molecule has 0 spiro atoms. The Morgan fingerprint density at radius 2 is 1.83 bits per heavy atom. The van der Waals surface area contributed by atoms with Gasteiger partial charge in [-0.3, -0.25) is 4.98 Å². The van der Waals surface area contributed by atoms with Crippen molar-refractivity contribution < 1.29 is 14.4 Å². The second-order valence-corrected chi connectivity index (χ2v) is 5.64. The third-order valence-electron chi connectivity index (χ3n) is 3.83. The van der Waals surface area contributed by atoms with Gasteiger partial charge in [0.1, 0.15) is 0 Å². The van der Waals surface area contributed by atoms with Gasteiger partial charge < -0.3 is 14.4 Å². The molecule has 0 aliphatic carbocycles. The first-order valence-electron chi connectivity index (χ1n) is 6.27. The Labute approximate surface area is 108 Å². The van der Waals surface area contributed by atoms with Crippen molar-refractivity contribution in [3.63, 3.8) is 0 Å². The second kappa shape index (κ2) is 4.65. The summed E-state index contributed by atoms with van der Waals surface area (Å²) < 4.78 is 12.0. The van der Waals surface area contributed by atoms with E-state index in [0.29, 0.717) is 6.42 Å². The van der Waals surface area contributed by atoms with E-state index in [1.165, 1.54) is 0 Å². The minimum absolute atomic E-state index is 0.108. The molecule has 2 heterocycles. The molecule has 98 valence electrons. The molecule has 1 aliphatic heterocycles. The monoisotopic (exact) mass is 249 g/mol. The van der Waals surface area contributed by atoms with Crippen LogP contribution in [-0.2, 0) is 15.7 Å². The Kier molecular flexibility index (Phi) is 3.49. The van der Waals surface area contributed by atoms with Crippen molar-refractivity contribution in [2.45, 2.75) is 45.3 Å². The van der Waals surface area contributed by atoms with Crippen LogP contribution in [0.1, 0.15) is 33.3 Å². The molecular weight excluding hydrogens is 229 g/mol.